The average Bonchev–Trinajstić information content (AvgIpc) is 3.07. The lowest BCUT2D eigenvalue weighted by atomic mass is 10.1. The van der Waals surface area contributed by atoms with E-state index in [9.17, 15) is 13.2 Å². The van der Waals surface area contributed by atoms with Crippen molar-refractivity contribution in [1.82, 2.24) is 9.46 Å². The molecule has 0 bridgehead atoms. The summed E-state index contributed by atoms with van der Waals surface area (Å²) in [5.41, 5.74) is 2.21. The molecule has 0 spiro atoms. The summed E-state index contributed by atoms with van der Waals surface area (Å²) in [4.78, 5) is 12.7. The predicted molar refractivity (Wildman–Crippen MR) is 108 cm³/mol. The molecule has 0 aliphatic carbocycles. The van der Waals surface area contributed by atoms with Gasteiger partial charge in [-0.3, -0.25) is 4.79 Å². The zero-order valence-electron chi connectivity index (χ0n) is 16.1. The smallest absolute Gasteiger partial charge is 0.243 e. The molecule has 0 fully saturated rings. The fourth-order valence-electron chi connectivity index (χ4n) is 3.08. The third-order valence-corrected chi connectivity index (χ3v) is 6.77. The number of anilines is 1. The zero-order chi connectivity index (χ0) is 20.3. The van der Waals surface area contributed by atoms with Gasteiger partial charge in [-0.25, -0.2) is 8.42 Å². The average molecular weight is 401 g/mol. The van der Waals surface area contributed by atoms with Gasteiger partial charge in [0.05, 0.1) is 11.3 Å². The van der Waals surface area contributed by atoms with E-state index < -0.39 is 10.0 Å². The fourth-order valence-corrected chi connectivity index (χ4v) is 4.79. The molecule has 7 nitrogen and oxygen atoms in total. The molecule has 0 aliphatic heterocycles. The molecule has 0 atom stereocenters. The second-order valence-corrected chi connectivity index (χ2v) is 8.33. The molecule has 1 N–H and O–H groups in total. The van der Waals surface area contributed by atoms with E-state index in [4.69, 9.17) is 4.52 Å². The summed E-state index contributed by atoms with van der Waals surface area (Å²) in [7, 11) is -3.61. The van der Waals surface area contributed by atoms with E-state index in [0.29, 0.717) is 35.6 Å². The number of fused-ring (bicyclic) bond motifs is 1. The first-order valence-electron chi connectivity index (χ1n) is 9.10. The Hall–Kier alpha value is -2.71. The number of nitrogens with one attached hydrogen (secondary N) is 1. The topological polar surface area (TPSA) is 92.5 Å². The van der Waals surface area contributed by atoms with Crippen molar-refractivity contribution in [2.75, 3.05) is 18.4 Å². The second-order valence-electron chi connectivity index (χ2n) is 6.42. The summed E-state index contributed by atoms with van der Waals surface area (Å²) in [5, 5.41) is 7.49. The van der Waals surface area contributed by atoms with Crippen molar-refractivity contribution in [3.63, 3.8) is 0 Å². The fraction of sp³-hybridized carbons (Fsp3) is 0.300. The number of aromatic nitrogens is 1. The number of sulfonamides is 1. The van der Waals surface area contributed by atoms with Crippen LogP contribution < -0.4 is 5.32 Å². The Bertz CT molecular complexity index is 1100. The standard InChI is InChI=1S/C20H23N3O4S/c1-4-23(5-2)28(25,26)19-12-15(11-10-14(19)3)21-20(24)13-17-16-8-6-7-9-18(16)27-22-17/h6-12H,4-5,13H2,1-3H3,(H,21,24). The van der Waals surface area contributed by atoms with Crippen LogP contribution in [0.25, 0.3) is 11.0 Å². The van der Waals surface area contributed by atoms with Crippen LogP contribution in [-0.2, 0) is 21.2 Å². The van der Waals surface area contributed by atoms with E-state index in [1.165, 1.54) is 10.4 Å². The lowest BCUT2D eigenvalue weighted by Gasteiger charge is -2.20. The second kappa shape index (κ2) is 8.12. The maximum absolute atomic E-state index is 12.8. The number of rotatable bonds is 7. The normalized spacial score (nSPS) is 11.9. The largest absolute Gasteiger partial charge is 0.356 e. The number of hydrogen-bond donors (Lipinski definition) is 1. The Kier molecular flexibility index (Phi) is 5.81. The van der Waals surface area contributed by atoms with Gasteiger partial charge in [0.2, 0.25) is 15.9 Å². The van der Waals surface area contributed by atoms with Gasteiger partial charge in [-0.05, 0) is 36.8 Å². The van der Waals surface area contributed by atoms with Gasteiger partial charge in [0, 0.05) is 24.2 Å². The summed E-state index contributed by atoms with van der Waals surface area (Å²) in [6, 6.07) is 12.2. The van der Waals surface area contributed by atoms with Gasteiger partial charge in [0.1, 0.15) is 5.69 Å². The van der Waals surface area contributed by atoms with Crippen molar-refractivity contribution < 1.29 is 17.7 Å². The molecule has 0 saturated carbocycles. The molecule has 0 saturated heterocycles. The Balaban J connectivity index is 1.82. The third-order valence-electron chi connectivity index (χ3n) is 4.58. The number of hydrogen-bond acceptors (Lipinski definition) is 5. The molecule has 3 rings (SSSR count). The first kappa shape index (κ1) is 20.0. The maximum atomic E-state index is 12.8. The summed E-state index contributed by atoms with van der Waals surface area (Å²) in [6.45, 7) is 6.10. The van der Waals surface area contributed by atoms with E-state index in [-0.39, 0.29) is 17.2 Å². The zero-order valence-corrected chi connectivity index (χ0v) is 16.9. The van der Waals surface area contributed by atoms with Crippen molar-refractivity contribution in [3.05, 3.63) is 53.7 Å². The van der Waals surface area contributed by atoms with Crippen molar-refractivity contribution in [2.24, 2.45) is 0 Å². The number of benzene rings is 2. The van der Waals surface area contributed by atoms with Crippen molar-refractivity contribution in [2.45, 2.75) is 32.1 Å². The van der Waals surface area contributed by atoms with E-state index in [1.807, 2.05) is 18.2 Å². The Morgan fingerprint density at radius 3 is 2.57 bits per heavy atom. The van der Waals surface area contributed by atoms with Crippen molar-refractivity contribution >= 4 is 32.6 Å². The molecule has 0 radical (unpaired) electrons. The lowest BCUT2D eigenvalue weighted by Crippen LogP contribution is -2.31. The molecule has 148 valence electrons. The quantitative estimate of drug-likeness (QED) is 0.655. The minimum absolute atomic E-state index is 0.0308. The van der Waals surface area contributed by atoms with Gasteiger partial charge in [-0.1, -0.05) is 37.2 Å². The van der Waals surface area contributed by atoms with Gasteiger partial charge in [-0.15, -0.1) is 0 Å². The molecule has 0 unspecified atom stereocenters. The lowest BCUT2D eigenvalue weighted by molar-refractivity contribution is -0.115. The summed E-state index contributed by atoms with van der Waals surface area (Å²) in [5.74, 6) is -0.297. The number of nitrogens with zero attached hydrogens (tertiary/aromatic N) is 2. The minimum atomic E-state index is -3.61. The van der Waals surface area contributed by atoms with E-state index >= 15 is 0 Å². The van der Waals surface area contributed by atoms with Gasteiger partial charge >= 0.3 is 0 Å². The Morgan fingerprint density at radius 1 is 1.14 bits per heavy atom. The van der Waals surface area contributed by atoms with E-state index in [1.54, 1.807) is 39.0 Å². The molecule has 1 aromatic heterocycles. The highest BCUT2D eigenvalue weighted by Crippen LogP contribution is 2.24. The summed E-state index contributed by atoms with van der Waals surface area (Å²) < 4.78 is 32.3. The molecule has 1 amide bonds. The number of aryl methyl sites for hydroxylation is 1. The highest BCUT2D eigenvalue weighted by molar-refractivity contribution is 7.89. The first-order valence-corrected chi connectivity index (χ1v) is 10.5. The highest BCUT2D eigenvalue weighted by Gasteiger charge is 2.24. The van der Waals surface area contributed by atoms with Gasteiger partial charge in [-0.2, -0.15) is 4.31 Å². The number of carbonyl (C=O) groups is 1. The summed E-state index contributed by atoms with van der Waals surface area (Å²) >= 11 is 0. The molecular weight excluding hydrogens is 378 g/mol. The van der Waals surface area contributed by atoms with Crippen molar-refractivity contribution in [3.8, 4) is 0 Å². The molecule has 1 heterocycles. The molecule has 0 aliphatic rings. The Morgan fingerprint density at radius 2 is 1.86 bits per heavy atom. The van der Waals surface area contributed by atoms with Gasteiger partial charge in [0.15, 0.2) is 5.58 Å². The molecular formula is C20H23N3O4S. The van der Waals surface area contributed by atoms with Crippen LogP contribution in [0.3, 0.4) is 0 Å². The third kappa shape index (κ3) is 3.93. The Labute approximate surface area is 164 Å². The molecule has 28 heavy (non-hydrogen) atoms. The first-order chi connectivity index (χ1) is 13.4. The number of amides is 1. The monoisotopic (exact) mass is 401 g/mol. The van der Waals surface area contributed by atoms with Crippen LogP contribution >= 0.6 is 0 Å². The predicted octanol–water partition coefficient (Wildman–Crippen LogP) is 3.35. The van der Waals surface area contributed by atoms with Gasteiger partial charge < -0.3 is 9.84 Å². The van der Waals surface area contributed by atoms with Crippen LogP contribution in [0.2, 0.25) is 0 Å². The van der Waals surface area contributed by atoms with Crippen molar-refractivity contribution in [1.29, 1.82) is 0 Å². The number of para-hydroxylation sites is 1. The van der Waals surface area contributed by atoms with Crippen LogP contribution in [0.4, 0.5) is 5.69 Å². The maximum Gasteiger partial charge on any atom is 0.243 e. The van der Waals surface area contributed by atoms with Crippen LogP contribution in [0.1, 0.15) is 25.1 Å². The molecule has 8 heteroatoms. The van der Waals surface area contributed by atoms with Crippen LogP contribution in [0.5, 0.6) is 0 Å². The minimum Gasteiger partial charge on any atom is -0.356 e. The van der Waals surface area contributed by atoms with Gasteiger partial charge in [0.25, 0.3) is 0 Å². The van der Waals surface area contributed by atoms with E-state index in [0.717, 1.165) is 5.39 Å². The molecule has 3 aromatic rings. The highest BCUT2D eigenvalue weighted by atomic mass is 32.2. The molecule has 2 aromatic carbocycles. The van der Waals surface area contributed by atoms with Crippen LogP contribution in [-0.4, -0.2) is 36.9 Å². The SMILES string of the molecule is CCN(CC)S(=O)(=O)c1cc(NC(=O)Cc2noc3ccccc23)ccc1C. The summed E-state index contributed by atoms with van der Waals surface area (Å²) in [6.07, 6.45) is 0.0308. The van der Waals surface area contributed by atoms with E-state index in [2.05, 4.69) is 10.5 Å². The number of carbonyl (C=O) groups excluding carboxylic acids is 1. The van der Waals surface area contributed by atoms with Crippen LogP contribution in [0.15, 0.2) is 51.9 Å². The van der Waals surface area contributed by atoms with Crippen LogP contribution in [0, 0.1) is 6.92 Å².